The smallest absolute Gasteiger partial charge is 0.0615 e. The summed E-state index contributed by atoms with van der Waals surface area (Å²) >= 11 is 7.71. The molecule has 4 nitrogen and oxygen atoms in total. The van der Waals surface area contributed by atoms with Crippen LogP contribution in [0.25, 0.3) is 5.03 Å². The van der Waals surface area contributed by atoms with E-state index in [2.05, 4.69) is 39.4 Å². The predicted molar refractivity (Wildman–Crippen MR) is 105 cm³/mol. The van der Waals surface area contributed by atoms with Crippen LogP contribution >= 0.6 is 11.6 Å². The molecule has 3 radical (unpaired) electrons. The number of halogens is 1. The number of para-hydroxylation sites is 1. The fraction of sp³-hybridized carbons (Fsp3) is 0.316. The SMILES string of the molecule is ClC1=CC(c2ccc(N3CCN([CH2][Pb])CC3)nc2)Nc2ccccc21. The first-order valence-electron chi connectivity index (χ1n) is 8.56. The summed E-state index contributed by atoms with van der Waals surface area (Å²) in [6, 6.07) is 12.5. The van der Waals surface area contributed by atoms with Crippen LogP contribution < -0.4 is 10.2 Å². The Kier molecular flexibility index (Phi) is 5.28. The van der Waals surface area contributed by atoms with E-state index in [1.54, 1.807) is 0 Å². The molecule has 3 heterocycles. The van der Waals surface area contributed by atoms with Crippen molar-refractivity contribution in [2.24, 2.45) is 0 Å². The molecule has 0 amide bonds. The van der Waals surface area contributed by atoms with Crippen LogP contribution in [-0.4, -0.2) is 65.9 Å². The molecule has 0 saturated carbocycles. The van der Waals surface area contributed by atoms with Gasteiger partial charge in [0.1, 0.15) is 0 Å². The minimum atomic E-state index is 0.0610. The third kappa shape index (κ3) is 3.71. The van der Waals surface area contributed by atoms with E-state index in [4.69, 9.17) is 16.6 Å². The Morgan fingerprint density at radius 3 is 2.64 bits per heavy atom. The number of pyridine rings is 1. The minimum Gasteiger partial charge on any atom is -0.0615 e. The quantitative estimate of drug-likeness (QED) is 0.600. The summed E-state index contributed by atoms with van der Waals surface area (Å²) < 4.78 is 1.27. The van der Waals surface area contributed by atoms with Crippen molar-refractivity contribution in [2.45, 2.75) is 6.04 Å². The second-order valence-corrected chi connectivity index (χ2v) is 8.03. The molecule has 2 aliphatic heterocycles. The van der Waals surface area contributed by atoms with Gasteiger partial charge in [-0.05, 0) is 6.07 Å². The maximum absolute atomic E-state index is 6.46. The molecule has 127 valence electrons. The van der Waals surface area contributed by atoms with Gasteiger partial charge in [0.15, 0.2) is 0 Å². The van der Waals surface area contributed by atoms with Gasteiger partial charge in [0.05, 0.1) is 0 Å². The number of aromatic nitrogens is 1. The van der Waals surface area contributed by atoms with Crippen molar-refractivity contribution in [3.63, 3.8) is 0 Å². The zero-order valence-electron chi connectivity index (χ0n) is 14.0. The molecule has 2 aromatic rings. The zero-order valence-corrected chi connectivity index (χ0v) is 18.6. The molecule has 25 heavy (non-hydrogen) atoms. The number of nitrogens with zero attached hydrogens (tertiary/aromatic N) is 3. The molecule has 6 heteroatoms. The van der Waals surface area contributed by atoms with Gasteiger partial charge in [0, 0.05) is 5.56 Å². The Bertz CT molecular complexity index is 769. The van der Waals surface area contributed by atoms with Crippen molar-refractivity contribution < 1.29 is 0 Å². The van der Waals surface area contributed by atoms with E-state index in [0.717, 1.165) is 53.8 Å². The van der Waals surface area contributed by atoms with Gasteiger partial charge in [0.25, 0.3) is 0 Å². The Morgan fingerprint density at radius 1 is 1.12 bits per heavy atom. The number of piperazine rings is 1. The summed E-state index contributed by atoms with van der Waals surface area (Å²) in [7, 11) is 0. The van der Waals surface area contributed by atoms with Crippen LogP contribution in [0, 0.1) is 0 Å². The van der Waals surface area contributed by atoms with Gasteiger partial charge in [-0.1, -0.05) is 29.8 Å². The fourth-order valence-electron chi connectivity index (χ4n) is 3.35. The summed E-state index contributed by atoms with van der Waals surface area (Å²) in [5, 5.41) is 4.33. The fourth-order valence-corrected chi connectivity index (χ4v) is 4.87. The molecular formula is C19H20ClN4Pb. The van der Waals surface area contributed by atoms with Gasteiger partial charge in [0.2, 0.25) is 0 Å². The standard InChI is InChI=1S/C19H20ClN4.Pb/c1-23-8-10-24(11-9-23)19-7-6-14(13-21-19)18-12-16(20)15-4-2-3-5-17(15)22-18;/h2-7,12-13,18,22H,1,8-11H2;. The van der Waals surface area contributed by atoms with Gasteiger partial charge >= 0.3 is 129 Å². The number of fused-ring (bicyclic) bond motifs is 1. The van der Waals surface area contributed by atoms with Gasteiger partial charge in [-0.3, -0.25) is 0 Å². The molecule has 0 bridgehead atoms. The van der Waals surface area contributed by atoms with Crippen LogP contribution in [0.3, 0.4) is 0 Å². The number of rotatable bonds is 3. The monoisotopic (exact) mass is 547 g/mol. The molecule has 0 aliphatic carbocycles. The van der Waals surface area contributed by atoms with E-state index in [9.17, 15) is 0 Å². The van der Waals surface area contributed by atoms with Crippen molar-refractivity contribution in [1.29, 1.82) is 0 Å². The Hall–Kier alpha value is -1.12. The number of hydrogen-bond donors (Lipinski definition) is 1. The van der Waals surface area contributed by atoms with Gasteiger partial charge < -0.3 is 0 Å². The summed E-state index contributed by atoms with van der Waals surface area (Å²) in [6.45, 7) is 4.42. The Labute approximate surface area is 169 Å². The van der Waals surface area contributed by atoms with Crippen LogP contribution in [-0.2, 0) is 0 Å². The van der Waals surface area contributed by atoms with Gasteiger partial charge in [-0.15, -0.1) is 0 Å². The van der Waals surface area contributed by atoms with Crippen LogP contribution in [0.4, 0.5) is 11.5 Å². The van der Waals surface area contributed by atoms with E-state index >= 15 is 0 Å². The zero-order chi connectivity index (χ0) is 17.2. The molecule has 1 atom stereocenters. The second kappa shape index (κ2) is 7.63. The van der Waals surface area contributed by atoms with Crippen molar-refractivity contribution >= 4 is 53.9 Å². The van der Waals surface area contributed by atoms with Crippen molar-refractivity contribution in [1.82, 2.24) is 9.88 Å². The molecule has 0 spiro atoms. The Morgan fingerprint density at radius 2 is 1.92 bits per heavy atom. The third-order valence-electron chi connectivity index (χ3n) is 4.86. The second-order valence-electron chi connectivity index (χ2n) is 6.40. The normalized spacial score (nSPS) is 20.6. The van der Waals surface area contributed by atoms with Crippen molar-refractivity contribution in [2.75, 3.05) is 40.5 Å². The molecule has 2 aliphatic rings. The summed E-state index contributed by atoms with van der Waals surface area (Å²) in [5.74, 6) is 1.07. The first kappa shape index (κ1) is 17.3. The number of nitrogens with one attached hydrogen (secondary N) is 1. The van der Waals surface area contributed by atoms with Crippen LogP contribution in [0.2, 0.25) is 0 Å². The topological polar surface area (TPSA) is 31.4 Å². The summed E-state index contributed by atoms with van der Waals surface area (Å²) in [5.41, 5.74) is 3.26. The average molecular weight is 547 g/mol. The summed E-state index contributed by atoms with van der Waals surface area (Å²) in [4.78, 5) is 9.63. The first-order chi connectivity index (χ1) is 12.2. The minimum absolute atomic E-state index is 0.0610. The number of benzene rings is 1. The molecular weight excluding hydrogens is 527 g/mol. The third-order valence-corrected chi connectivity index (χ3v) is 6.93. The number of hydrogen-bond acceptors (Lipinski definition) is 4. The first-order valence-corrected chi connectivity index (χ1v) is 11.7. The van der Waals surface area contributed by atoms with E-state index in [-0.39, 0.29) is 6.04 Å². The molecule has 1 aromatic carbocycles. The van der Waals surface area contributed by atoms with E-state index in [1.807, 2.05) is 24.4 Å². The van der Waals surface area contributed by atoms with Crippen molar-refractivity contribution in [3.8, 4) is 0 Å². The molecule has 1 unspecified atom stereocenters. The molecule has 1 fully saturated rings. The summed E-state index contributed by atoms with van der Waals surface area (Å²) in [6.07, 6.45) is 4.03. The molecule has 4 rings (SSSR count). The van der Waals surface area contributed by atoms with Crippen LogP contribution in [0.5, 0.6) is 0 Å². The van der Waals surface area contributed by atoms with E-state index in [0.29, 0.717) is 0 Å². The van der Waals surface area contributed by atoms with Crippen LogP contribution in [0.15, 0.2) is 48.7 Å². The molecule has 1 N–H and O–H groups in total. The maximum atomic E-state index is 6.46. The van der Waals surface area contributed by atoms with E-state index in [1.165, 1.54) is 29.9 Å². The Balaban J connectivity index is 1.49. The van der Waals surface area contributed by atoms with Crippen molar-refractivity contribution in [3.05, 3.63) is 59.8 Å². The molecule has 1 aromatic heterocycles. The van der Waals surface area contributed by atoms with Gasteiger partial charge in [-0.2, -0.15) is 0 Å². The van der Waals surface area contributed by atoms with Crippen LogP contribution in [0.1, 0.15) is 17.2 Å². The van der Waals surface area contributed by atoms with E-state index < -0.39 is 0 Å². The predicted octanol–water partition coefficient (Wildman–Crippen LogP) is 3.08. The molecule has 1 saturated heterocycles. The van der Waals surface area contributed by atoms with Gasteiger partial charge in [-0.25, -0.2) is 0 Å². The average Bonchev–Trinajstić information content (AvgIpc) is 2.68. The number of anilines is 2.